The van der Waals surface area contributed by atoms with Crippen LogP contribution < -0.4 is 5.32 Å². The Kier molecular flexibility index (Phi) is 6.28. The summed E-state index contributed by atoms with van der Waals surface area (Å²) < 4.78 is 2.45. The van der Waals surface area contributed by atoms with Crippen LogP contribution in [-0.2, 0) is 17.8 Å². The van der Waals surface area contributed by atoms with Gasteiger partial charge in [-0.25, -0.2) is 9.97 Å². The Labute approximate surface area is 217 Å². The van der Waals surface area contributed by atoms with Crippen LogP contribution in [0.3, 0.4) is 0 Å². The minimum Gasteiger partial charge on any atom is -0.337 e. The summed E-state index contributed by atoms with van der Waals surface area (Å²) in [6.45, 7) is 4.09. The Morgan fingerprint density at radius 3 is 2.68 bits per heavy atom. The maximum absolute atomic E-state index is 12.5. The molecule has 192 valence electrons. The van der Waals surface area contributed by atoms with E-state index in [1.165, 1.54) is 36.6 Å². The van der Waals surface area contributed by atoms with Crippen molar-refractivity contribution in [2.24, 2.45) is 5.92 Å². The normalized spacial score (nSPS) is 19.9. The topological polar surface area (TPSA) is 79.2 Å². The van der Waals surface area contributed by atoms with Crippen LogP contribution in [0, 0.1) is 5.92 Å². The van der Waals surface area contributed by atoms with E-state index in [9.17, 15) is 4.79 Å². The molecular formula is C29H35N7O. The Morgan fingerprint density at radius 1 is 1.05 bits per heavy atom. The summed E-state index contributed by atoms with van der Waals surface area (Å²) in [6, 6.07) is 13.1. The van der Waals surface area contributed by atoms with Crippen molar-refractivity contribution in [1.82, 2.24) is 29.3 Å². The van der Waals surface area contributed by atoms with E-state index in [4.69, 9.17) is 9.97 Å². The van der Waals surface area contributed by atoms with Crippen molar-refractivity contribution >= 4 is 39.6 Å². The molecule has 4 aromatic rings. The second-order valence-electron chi connectivity index (χ2n) is 11.0. The smallest absolute Gasteiger partial charge is 0.237 e. The minimum absolute atomic E-state index is 0.155. The molecule has 2 aliphatic rings. The Bertz CT molecular complexity index is 1450. The maximum Gasteiger partial charge on any atom is 0.237 e. The molecule has 1 aromatic carbocycles. The zero-order valence-electron chi connectivity index (χ0n) is 21.9. The van der Waals surface area contributed by atoms with Crippen molar-refractivity contribution in [3.8, 4) is 0 Å². The number of fused-ring (bicyclic) bond motifs is 4. The van der Waals surface area contributed by atoms with Crippen LogP contribution >= 0.6 is 0 Å². The van der Waals surface area contributed by atoms with Gasteiger partial charge in [0.25, 0.3) is 0 Å². The summed E-state index contributed by atoms with van der Waals surface area (Å²) in [6.07, 6.45) is 7.57. The van der Waals surface area contributed by atoms with E-state index in [1.54, 1.807) is 0 Å². The molecule has 0 unspecified atom stereocenters. The van der Waals surface area contributed by atoms with Crippen LogP contribution in [0.15, 0.2) is 42.6 Å². The van der Waals surface area contributed by atoms with Crippen LogP contribution in [0.2, 0.25) is 0 Å². The van der Waals surface area contributed by atoms with Gasteiger partial charge in [0.15, 0.2) is 0 Å². The fourth-order valence-electron chi connectivity index (χ4n) is 5.89. The summed E-state index contributed by atoms with van der Waals surface area (Å²) in [5.74, 6) is 2.25. The number of pyridine rings is 1. The third-order valence-electron chi connectivity index (χ3n) is 7.89. The van der Waals surface area contributed by atoms with Crippen LogP contribution in [0.5, 0.6) is 0 Å². The molecule has 1 N–H and O–H groups in total. The summed E-state index contributed by atoms with van der Waals surface area (Å²) in [5.41, 5.74) is 4.37. The second kappa shape index (κ2) is 9.74. The van der Waals surface area contributed by atoms with Crippen molar-refractivity contribution in [2.45, 2.75) is 51.6 Å². The lowest BCUT2D eigenvalue weighted by molar-refractivity contribution is -0.132. The average Bonchev–Trinajstić information content (AvgIpc) is 3.22. The van der Waals surface area contributed by atoms with Crippen LogP contribution in [0.4, 0.5) is 11.8 Å². The van der Waals surface area contributed by atoms with Crippen LogP contribution in [0.1, 0.15) is 49.9 Å². The lowest BCUT2D eigenvalue weighted by Crippen LogP contribution is -2.41. The number of rotatable bonds is 5. The zero-order chi connectivity index (χ0) is 25.5. The summed E-state index contributed by atoms with van der Waals surface area (Å²) in [4.78, 5) is 30.9. The number of amides is 1. The molecule has 1 saturated carbocycles. The highest BCUT2D eigenvalue weighted by Crippen LogP contribution is 2.38. The molecule has 0 radical (unpaired) electrons. The fourth-order valence-corrected chi connectivity index (χ4v) is 5.89. The number of nitrogens with one attached hydrogen (secondary N) is 1. The predicted molar refractivity (Wildman–Crippen MR) is 147 cm³/mol. The van der Waals surface area contributed by atoms with Gasteiger partial charge in [-0.15, -0.1) is 0 Å². The maximum atomic E-state index is 12.5. The quantitative estimate of drug-likeness (QED) is 0.422. The van der Waals surface area contributed by atoms with Crippen molar-refractivity contribution in [1.29, 1.82) is 0 Å². The van der Waals surface area contributed by atoms with E-state index in [2.05, 4.69) is 52.1 Å². The number of nitrogens with zero attached hydrogens (tertiary/aromatic N) is 6. The Balaban J connectivity index is 1.28. The van der Waals surface area contributed by atoms with Gasteiger partial charge in [-0.05, 0) is 63.4 Å². The van der Waals surface area contributed by atoms with Crippen LogP contribution in [-0.4, -0.2) is 62.4 Å². The molecular weight excluding hydrogens is 462 g/mol. The number of hydrogen-bond donors (Lipinski definition) is 1. The molecule has 6 rings (SSSR count). The molecule has 0 bridgehead atoms. The van der Waals surface area contributed by atoms with Crippen molar-refractivity contribution in [3.05, 3.63) is 53.9 Å². The van der Waals surface area contributed by atoms with Gasteiger partial charge in [0, 0.05) is 48.2 Å². The highest BCUT2D eigenvalue weighted by molar-refractivity contribution is 6.06. The number of aromatic nitrogens is 4. The lowest BCUT2D eigenvalue weighted by Gasteiger charge is -2.29. The highest BCUT2D eigenvalue weighted by atomic mass is 16.2. The molecule has 0 saturated heterocycles. The summed E-state index contributed by atoms with van der Waals surface area (Å²) in [7, 11) is 3.84. The monoisotopic (exact) mass is 497 g/mol. The van der Waals surface area contributed by atoms with Crippen LogP contribution in [0.25, 0.3) is 21.9 Å². The molecule has 37 heavy (non-hydrogen) atoms. The first-order valence-corrected chi connectivity index (χ1v) is 13.4. The predicted octanol–water partition coefficient (Wildman–Crippen LogP) is 4.92. The van der Waals surface area contributed by atoms with E-state index in [0.717, 1.165) is 40.4 Å². The molecule has 1 fully saturated rings. The minimum atomic E-state index is 0.155. The van der Waals surface area contributed by atoms with E-state index in [1.807, 2.05) is 36.2 Å². The molecule has 0 spiro atoms. The number of likely N-dealkylation sites (N-methyl/N-ethyl adjacent to an activating group) is 1. The van der Waals surface area contributed by atoms with Gasteiger partial charge in [0.05, 0.1) is 12.1 Å². The molecule has 4 heterocycles. The van der Waals surface area contributed by atoms with Crippen molar-refractivity contribution in [2.75, 3.05) is 32.5 Å². The van der Waals surface area contributed by atoms with E-state index >= 15 is 0 Å². The van der Waals surface area contributed by atoms with E-state index < -0.39 is 0 Å². The second-order valence-corrected chi connectivity index (χ2v) is 11.0. The van der Waals surface area contributed by atoms with Gasteiger partial charge in [-0.1, -0.05) is 31.2 Å². The number of hydrogen-bond acceptors (Lipinski definition) is 6. The zero-order valence-corrected chi connectivity index (χ0v) is 21.9. The average molecular weight is 498 g/mol. The number of para-hydroxylation sites is 1. The molecule has 1 amide bonds. The number of anilines is 2. The molecule has 0 atom stereocenters. The Morgan fingerprint density at radius 2 is 1.86 bits per heavy atom. The SMILES string of the molecule is CN(C)CC(=O)N1CCc2nc(Nc3ncc4c5ccccc5n([C@H]5CC[C@H](C)CC5)c4n3)ccc2C1. The van der Waals surface area contributed by atoms with Gasteiger partial charge in [0.1, 0.15) is 11.5 Å². The highest BCUT2D eigenvalue weighted by Gasteiger charge is 2.25. The lowest BCUT2D eigenvalue weighted by atomic mass is 9.87. The molecule has 1 aliphatic carbocycles. The standard InChI is InChI=1S/C29H35N7O/c1-19-8-11-21(12-9-19)36-25-7-5-4-6-22(25)23-16-30-29(33-28(23)36)32-26-13-10-20-17-35(15-14-24(20)31-26)27(37)18-34(2)3/h4-7,10,13,16,19,21H,8-9,11-12,14-15,17-18H2,1-3H3,(H,30,31,32,33)/t19-,21-. The van der Waals surface area contributed by atoms with Gasteiger partial charge < -0.3 is 19.7 Å². The van der Waals surface area contributed by atoms with Gasteiger partial charge in [0.2, 0.25) is 11.9 Å². The molecule has 1 aliphatic heterocycles. The molecule has 8 nitrogen and oxygen atoms in total. The van der Waals surface area contributed by atoms with E-state index in [0.29, 0.717) is 31.6 Å². The summed E-state index contributed by atoms with van der Waals surface area (Å²) in [5, 5.41) is 5.66. The van der Waals surface area contributed by atoms with Crippen molar-refractivity contribution < 1.29 is 4.79 Å². The number of benzene rings is 1. The van der Waals surface area contributed by atoms with Gasteiger partial charge in [-0.3, -0.25) is 4.79 Å². The molecule has 3 aromatic heterocycles. The third kappa shape index (κ3) is 4.66. The van der Waals surface area contributed by atoms with Gasteiger partial charge >= 0.3 is 0 Å². The Hall–Kier alpha value is -3.52. The third-order valence-corrected chi connectivity index (χ3v) is 7.89. The fraction of sp³-hybridized carbons (Fsp3) is 0.448. The largest absolute Gasteiger partial charge is 0.337 e. The van der Waals surface area contributed by atoms with Crippen molar-refractivity contribution in [3.63, 3.8) is 0 Å². The summed E-state index contributed by atoms with van der Waals surface area (Å²) >= 11 is 0. The first-order valence-electron chi connectivity index (χ1n) is 13.4. The molecule has 8 heteroatoms. The number of carbonyl (C=O) groups is 1. The number of carbonyl (C=O) groups excluding carboxylic acids is 1. The van der Waals surface area contributed by atoms with E-state index in [-0.39, 0.29) is 5.91 Å². The first-order chi connectivity index (χ1) is 18.0. The van der Waals surface area contributed by atoms with Gasteiger partial charge in [-0.2, -0.15) is 4.98 Å². The first kappa shape index (κ1) is 23.9.